The number of rotatable bonds is 4. The Morgan fingerprint density at radius 2 is 2.09 bits per heavy atom. The van der Waals surface area contributed by atoms with Gasteiger partial charge in [0.25, 0.3) is 0 Å². The Bertz CT molecular complexity index is 791. The second-order valence-electron chi connectivity index (χ2n) is 5.62. The molecule has 6 nitrogen and oxygen atoms in total. The standard InChI is InChI=1S/C17H18N4O2/c1-22-15-4-2-13(3-5-15)17-19-14(12-23-17)10-20-8-9-21-7-6-18-16(21)11-20/h2-7,12H,8-11H2,1H3. The molecule has 3 heterocycles. The summed E-state index contributed by atoms with van der Waals surface area (Å²) in [7, 11) is 1.65. The van der Waals surface area contributed by atoms with Crippen LogP contribution >= 0.6 is 0 Å². The average Bonchev–Trinajstić information content (AvgIpc) is 3.24. The van der Waals surface area contributed by atoms with Crippen LogP contribution in [0.1, 0.15) is 11.5 Å². The number of fused-ring (bicyclic) bond motifs is 1. The van der Waals surface area contributed by atoms with Crippen LogP contribution in [0, 0.1) is 0 Å². The molecule has 0 aliphatic carbocycles. The van der Waals surface area contributed by atoms with Gasteiger partial charge in [0.05, 0.1) is 19.3 Å². The highest BCUT2D eigenvalue weighted by atomic mass is 16.5. The van der Waals surface area contributed by atoms with Crippen molar-refractivity contribution in [2.24, 2.45) is 0 Å². The summed E-state index contributed by atoms with van der Waals surface area (Å²) in [5, 5.41) is 0. The van der Waals surface area contributed by atoms with E-state index in [2.05, 4.69) is 19.4 Å². The third-order valence-electron chi connectivity index (χ3n) is 4.10. The summed E-state index contributed by atoms with van der Waals surface area (Å²) in [5.41, 5.74) is 1.89. The van der Waals surface area contributed by atoms with Gasteiger partial charge >= 0.3 is 0 Å². The van der Waals surface area contributed by atoms with Crippen LogP contribution < -0.4 is 4.74 Å². The molecule has 0 bridgehead atoms. The number of hydrogen-bond acceptors (Lipinski definition) is 5. The van der Waals surface area contributed by atoms with Gasteiger partial charge in [-0.2, -0.15) is 0 Å². The smallest absolute Gasteiger partial charge is 0.226 e. The fourth-order valence-electron chi connectivity index (χ4n) is 2.83. The molecule has 1 aliphatic rings. The molecule has 0 fully saturated rings. The van der Waals surface area contributed by atoms with Crippen LogP contribution in [0.5, 0.6) is 5.75 Å². The minimum atomic E-state index is 0.640. The molecule has 0 saturated heterocycles. The van der Waals surface area contributed by atoms with Gasteiger partial charge in [-0.1, -0.05) is 0 Å². The number of nitrogens with zero attached hydrogens (tertiary/aromatic N) is 4. The van der Waals surface area contributed by atoms with Gasteiger partial charge in [-0.25, -0.2) is 9.97 Å². The van der Waals surface area contributed by atoms with Crippen LogP contribution in [0.3, 0.4) is 0 Å². The number of ether oxygens (including phenoxy) is 1. The van der Waals surface area contributed by atoms with Crippen molar-refractivity contribution < 1.29 is 9.15 Å². The van der Waals surface area contributed by atoms with Crippen molar-refractivity contribution in [2.75, 3.05) is 13.7 Å². The first-order chi connectivity index (χ1) is 11.3. The summed E-state index contributed by atoms with van der Waals surface area (Å²) >= 11 is 0. The molecule has 3 aromatic rings. The maximum Gasteiger partial charge on any atom is 0.226 e. The highest BCUT2D eigenvalue weighted by Gasteiger charge is 2.18. The van der Waals surface area contributed by atoms with Gasteiger partial charge in [-0.3, -0.25) is 4.90 Å². The molecule has 0 unspecified atom stereocenters. The van der Waals surface area contributed by atoms with E-state index in [4.69, 9.17) is 9.15 Å². The first kappa shape index (κ1) is 14.0. The second-order valence-corrected chi connectivity index (χ2v) is 5.62. The number of aromatic nitrogens is 3. The monoisotopic (exact) mass is 310 g/mol. The summed E-state index contributed by atoms with van der Waals surface area (Å²) in [5.74, 6) is 2.57. The van der Waals surface area contributed by atoms with Gasteiger partial charge in [0, 0.05) is 37.6 Å². The molecule has 6 heteroatoms. The molecule has 2 aromatic heterocycles. The van der Waals surface area contributed by atoms with E-state index in [1.54, 1.807) is 13.4 Å². The number of benzene rings is 1. The number of hydrogen-bond donors (Lipinski definition) is 0. The normalized spacial score (nSPS) is 14.7. The lowest BCUT2D eigenvalue weighted by Crippen LogP contribution is -2.33. The predicted molar refractivity (Wildman–Crippen MR) is 84.8 cm³/mol. The maximum absolute atomic E-state index is 5.62. The van der Waals surface area contributed by atoms with E-state index < -0.39 is 0 Å². The molecule has 4 rings (SSSR count). The van der Waals surface area contributed by atoms with E-state index in [9.17, 15) is 0 Å². The SMILES string of the molecule is COc1ccc(-c2nc(CN3CCn4ccnc4C3)co2)cc1. The van der Waals surface area contributed by atoms with Gasteiger partial charge in [0.2, 0.25) is 5.89 Å². The van der Waals surface area contributed by atoms with Gasteiger partial charge in [0.1, 0.15) is 17.8 Å². The number of methoxy groups -OCH3 is 1. The van der Waals surface area contributed by atoms with Crippen molar-refractivity contribution in [2.45, 2.75) is 19.6 Å². The highest BCUT2D eigenvalue weighted by Crippen LogP contribution is 2.22. The number of oxazole rings is 1. The fraction of sp³-hybridized carbons (Fsp3) is 0.294. The number of imidazole rings is 1. The predicted octanol–water partition coefficient (Wildman–Crippen LogP) is 2.56. The van der Waals surface area contributed by atoms with Crippen LogP contribution in [0.25, 0.3) is 11.5 Å². The zero-order valence-corrected chi connectivity index (χ0v) is 13.0. The van der Waals surface area contributed by atoms with Crippen LogP contribution in [-0.2, 0) is 19.6 Å². The van der Waals surface area contributed by atoms with Crippen LogP contribution in [0.15, 0.2) is 47.3 Å². The third kappa shape index (κ3) is 2.85. The van der Waals surface area contributed by atoms with Crippen molar-refractivity contribution in [1.29, 1.82) is 0 Å². The summed E-state index contributed by atoms with van der Waals surface area (Å²) in [6, 6.07) is 7.71. The van der Waals surface area contributed by atoms with Crippen molar-refractivity contribution >= 4 is 0 Å². The Labute approximate surface area is 134 Å². The summed E-state index contributed by atoms with van der Waals surface area (Å²) < 4.78 is 13.0. The maximum atomic E-state index is 5.62. The van der Waals surface area contributed by atoms with E-state index in [-0.39, 0.29) is 0 Å². The summed E-state index contributed by atoms with van der Waals surface area (Å²) in [6.07, 6.45) is 5.63. The first-order valence-electron chi connectivity index (χ1n) is 7.63. The summed E-state index contributed by atoms with van der Waals surface area (Å²) in [6.45, 7) is 3.58. The van der Waals surface area contributed by atoms with Crippen LogP contribution in [-0.4, -0.2) is 33.1 Å². The second kappa shape index (κ2) is 5.89. The van der Waals surface area contributed by atoms with E-state index in [1.165, 1.54) is 0 Å². The molecular formula is C17H18N4O2. The topological polar surface area (TPSA) is 56.3 Å². The van der Waals surface area contributed by atoms with Gasteiger partial charge < -0.3 is 13.7 Å². The highest BCUT2D eigenvalue weighted by molar-refractivity contribution is 5.54. The zero-order chi connectivity index (χ0) is 15.6. The van der Waals surface area contributed by atoms with Crippen molar-refractivity contribution in [3.8, 4) is 17.2 Å². The Morgan fingerprint density at radius 3 is 2.91 bits per heavy atom. The molecule has 0 atom stereocenters. The minimum absolute atomic E-state index is 0.640. The van der Waals surface area contributed by atoms with Gasteiger partial charge in [-0.15, -0.1) is 0 Å². The van der Waals surface area contributed by atoms with E-state index in [1.807, 2.05) is 36.7 Å². The lowest BCUT2D eigenvalue weighted by molar-refractivity contribution is 0.206. The van der Waals surface area contributed by atoms with Crippen molar-refractivity contribution in [1.82, 2.24) is 19.4 Å². The van der Waals surface area contributed by atoms with Crippen LogP contribution in [0.4, 0.5) is 0 Å². The van der Waals surface area contributed by atoms with E-state index >= 15 is 0 Å². The molecule has 0 saturated carbocycles. The first-order valence-corrected chi connectivity index (χ1v) is 7.63. The molecule has 118 valence electrons. The van der Waals surface area contributed by atoms with Gasteiger partial charge in [-0.05, 0) is 24.3 Å². The van der Waals surface area contributed by atoms with Crippen LogP contribution in [0.2, 0.25) is 0 Å². The lowest BCUT2D eigenvalue weighted by Gasteiger charge is -2.26. The molecule has 1 aromatic carbocycles. The molecular weight excluding hydrogens is 292 g/mol. The summed E-state index contributed by atoms with van der Waals surface area (Å²) in [4.78, 5) is 11.3. The molecule has 23 heavy (non-hydrogen) atoms. The Morgan fingerprint density at radius 1 is 1.22 bits per heavy atom. The largest absolute Gasteiger partial charge is 0.497 e. The van der Waals surface area contributed by atoms with E-state index in [0.29, 0.717) is 5.89 Å². The van der Waals surface area contributed by atoms with Crippen molar-refractivity contribution in [3.63, 3.8) is 0 Å². The Balaban J connectivity index is 1.46. The Kier molecular flexibility index (Phi) is 3.59. The zero-order valence-electron chi connectivity index (χ0n) is 13.0. The Hall–Kier alpha value is -2.60. The lowest BCUT2D eigenvalue weighted by atomic mass is 10.2. The van der Waals surface area contributed by atoms with Gasteiger partial charge in [0.15, 0.2) is 0 Å². The molecule has 0 N–H and O–H groups in total. The van der Waals surface area contributed by atoms with E-state index in [0.717, 1.165) is 49.0 Å². The van der Waals surface area contributed by atoms with Crippen molar-refractivity contribution in [3.05, 3.63) is 54.4 Å². The quantitative estimate of drug-likeness (QED) is 0.741. The minimum Gasteiger partial charge on any atom is -0.497 e. The molecule has 1 aliphatic heterocycles. The third-order valence-corrected chi connectivity index (χ3v) is 4.10. The molecule has 0 spiro atoms. The molecule has 0 amide bonds. The molecule has 0 radical (unpaired) electrons. The average molecular weight is 310 g/mol. The fourth-order valence-corrected chi connectivity index (χ4v) is 2.83.